The minimum absolute atomic E-state index is 0.563. The van der Waals surface area contributed by atoms with E-state index in [-0.39, 0.29) is 0 Å². The lowest BCUT2D eigenvalue weighted by Crippen LogP contribution is -2.35. The number of likely N-dealkylation sites (tertiary alicyclic amines) is 1. The Bertz CT molecular complexity index is 195. The Labute approximate surface area is 94.4 Å². The van der Waals surface area contributed by atoms with E-state index >= 15 is 0 Å². The Balaban J connectivity index is 1.58. The van der Waals surface area contributed by atoms with Crippen LogP contribution >= 0.6 is 0 Å². The zero-order chi connectivity index (χ0) is 10.7. The van der Waals surface area contributed by atoms with Crippen LogP contribution in [0, 0.1) is 5.41 Å². The molecule has 15 heavy (non-hydrogen) atoms. The van der Waals surface area contributed by atoms with Crippen molar-refractivity contribution in [3.8, 4) is 0 Å². The van der Waals surface area contributed by atoms with Crippen molar-refractivity contribution in [1.82, 2.24) is 10.2 Å². The van der Waals surface area contributed by atoms with Gasteiger partial charge in [0.15, 0.2) is 0 Å². The molecule has 0 aromatic carbocycles. The lowest BCUT2D eigenvalue weighted by Gasteiger charge is -2.20. The van der Waals surface area contributed by atoms with E-state index in [0.29, 0.717) is 5.41 Å². The summed E-state index contributed by atoms with van der Waals surface area (Å²) in [6, 6.07) is 0.834. The van der Waals surface area contributed by atoms with Crippen molar-refractivity contribution >= 4 is 0 Å². The van der Waals surface area contributed by atoms with Crippen LogP contribution < -0.4 is 5.32 Å². The van der Waals surface area contributed by atoms with Crippen molar-refractivity contribution in [2.24, 2.45) is 5.41 Å². The van der Waals surface area contributed by atoms with Crippen molar-refractivity contribution in [2.75, 3.05) is 26.2 Å². The van der Waals surface area contributed by atoms with E-state index in [4.69, 9.17) is 0 Å². The Morgan fingerprint density at radius 3 is 2.60 bits per heavy atom. The molecule has 2 rings (SSSR count). The van der Waals surface area contributed by atoms with Gasteiger partial charge in [-0.3, -0.25) is 0 Å². The molecule has 0 amide bonds. The smallest absolute Gasteiger partial charge is 0.0107 e. The van der Waals surface area contributed by atoms with Crippen LogP contribution in [-0.4, -0.2) is 37.1 Å². The van der Waals surface area contributed by atoms with Gasteiger partial charge in [-0.25, -0.2) is 0 Å². The number of hydrogen-bond donors (Lipinski definition) is 1. The van der Waals surface area contributed by atoms with Crippen LogP contribution in [0.1, 0.15) is 46.0 Å². The van der Waals surface area contributed by atoms with E-state index in [0.717, 1.165) is 6.04 Å². The Morgan fingerprint density at radius 1 is 1.27 bits per heavy atom. The van der Waals surface area contributed by atoms with Crippen LogP contribution in [0.3, 0.4) is 0 Å². The molecule has 0 spiro atoms. The highest BCUT2D eigenvalue weighted by molar-refractivity contribution is 4.83. The topological polar surface area (TPSA) is 15.3 Å². The SMILES string of the molecule is CC1(C)CCN(CCNC2CCCC2)C1. The van der Waals surface area contributed by atoms with Gasteiger partial charge >= 0.3 is 0 Å². The summed E-state index contributed by atoms with van der Waals surface area (Å²) < 4.78 is 0. The molecule has 1 aliphatic heterocycles. The molecule has 88 valence electrons. The van der Waals surface area contributed by atoms with Gasteiger partial charge in [-0.2, -0.15) is 0 Å². The second-order valence-electron chi connectivity index (χ2n) is 6.13. The van der Waals surface area contributed by atoms with Gasteiger partial charge in [0.05, 0.1) is 0 Å². The first-order valence-electron chi connectivity index (χ1n) is 6.61. The summed E-state index contributed by atoms with van der Waals surface area (Å²) in [6.07, 6.45) is 7.07. The van der Waals surface area contributed by atoms with Crippen LogP contribution in [-0.2, 0) is 0 Å². The predicted molar refractivity (Wildman–Crippen MR) is 65.1 cm³/mol. The molecule has 0 unspecified atom stereocenters. The Kier molecular flexibility index (Phi) is 3.68. The normalized spacial score (nSPS) is 27.6. The fourth-order valence-electron chi connectivity index (χ4n) is 2.97. The molecule has 2 aliphatic rings. The van der Waals surface area contributed by atoms with E-state index in [9.17, 15) is 0 Å². The van der Waals surface area contributed by atoms with Crippen molar-refractivity contribution in [3.63, 3.8) is 0 Å². The van der Waals surface area contributed by atoms with Crippen LogP contribution in [0.15, 0.2) is 0 Å². The van der Waals surface area contributed by atoms with Gasteiger partial charge in [-0.05, 0) is 31.2 Å². The van der Waals surface area contributed by atoms with Crippen molar-refractivity contribution in [3.05, 3.63) is 0 Å². The fraction of sp³-hybridized carbons (Fsp3) is 1.00. The molecule has 1 N–H and O–H groups in total. The van der Waals surface area contributed by atoms with Gasteiger partial charge in [-0.15, -0.1) is 0 Å². The van der Waals surface area contributed by atoms with Crippen molar-refractivity contribution in [2.45, 2.75) is 52.0 Å². The van der Waals surface area contributed by atoms with E-state index in [1.54, 1.807) is 0 Å². The third kappa shape index (κ3) is 3.46. The van der Waals surface area contributed by atoms with Gasteiger partial charge in [0.2, 0.25) is 0 Å². The molecule has 1 aliphatic carbocycles. The molecule has 2 heteroatoms. The van der Waals surface area contributed by atoms with Crippen LogP contribution in [0.25, 0.3) is 0 Å². The third-order valence-corrected chi connectivity index (χ3v) is 3.97. The van der Waals surface area contributed by atoms with Crippen LogP contribution in [0.5, 0.6) is 0 Å². The monoisotopic (exact) mass is 210 g/mol. The minimum Gasteiger partial charge on any atom is -0.313 e. The lowest BCUT2D eigenvalue weighted by atomic mass is 9.93. The van der Waals surface area contributed by atoms with E-state index in [2.05, 4.69) is 24.1 Å². The van der Waals surface area contributed by atoms with E-state index < -0.39 is 0 Å². The third-order valence-electron chi connectivity index (χ3n) is 3.97. The first-order valence-corrected chi connectivity index (χ1v) is 6.61. The van der Waals surface area contributed by atoms with Crippen LogP contribution in [0.4, 0.5) is 0 Å². The highest BCUT2D eigenvalue weighted by Gasteiger charge is 2.28. The van der Waals surface area contributed by atoms with Gasteiger partial charge < -0.3 is 10.2 Å². The summed E-state index contributed by atoms with van der Waals surface area (Å²) in [5, 5.41) is 3.69. The molecule has 1 saturated carbocycles. The maximum absolute atomic E-state index is 3.69. The van der Waals surface area contributed by atoms with Gasteiger partial charge in [0.25, 0.3) is 0 Å². The van der Waals surface area contributed by atoms with Gasteiger partial charge in [0.1, 0.15) is 0 Å². The number of hydrogen-bond acceptors (Lipinski definition) is 2. The molecular formula is C13H26N2. The van der Waals surface area contributed by atoms with Crippen LogP contribution in [0.2, 0.25) is 0 Å². The van der Waals surface area contributed by atoms with Gasteiger partial charge in [-0.1, -0.05) is 26.7 Å². The van der Waals surface area contributed by atoms with E-state index in [1.807, 2.05) is 0 Å². The zero-order valence-electron chi connectivity index (χ0n) is 10.4. The molecule has 0 radical (unpaired) electrons. The molecule has 1 saturated heterocycles. The maximum atomic E-state index is 3.69. The summed E-state index contributed by atoms with van der Waals surface area (Å²) in [6.45, 7) is 9.81. The Hall–Kier alpha value is -0.0800. The number of nitrogens with zero attached hydrogens (tertiary/aromatic N) is 1. The molecular weight excluding hydrogens is 184 g/mol. The fourth-order valence-corrected chi connectivity index (χ4v) is 2.97. The largest absolute Gasteiger partial charge is 0.313 e. The molecule has 2 fully saturated rings. The standard InChI is InChI=1S/C13H26N2/c1-13(2)7-9-15(11-13)10-8-14-12-5-3-4-6-12/h12,14H,3-11H2,1-2H3. The van der Waals surface area contributed by atoms with Gasteiger partial charge in [0, 0.05) is 25.7 Å². The minimum atomic E-state index is 0.563. The molecule has 0 aromatic heterocycles. The highest BCUT2D eigenvalue weighted by atomic mass is 15.2. The lowest BCUT2D eigenvalue weighted by molar-refractivity contribution is 0.285. The average molecular weight is 210 g/mol. The molecule has 0 aromatic rings. The Morgan fingerprint density at radius 2 is 2.00 bits per heavy atom. The van der Waals surface area contributed by atoms with E-state index in [1.165, 1.54) is 58.3 Å². The summed E-state index contributed by atoms with van der Waals surface area (Å²) in [4.78, 5) is 2.61. The average Bonchev–Trinajstić information content (AvgIpc) is 2.76. The number of nitrogens with one attached hydrogen (secondary N) is 1. The summed E-state index contributed by atoms with van der Waals surface area (Å²) in [7, 11) is 0. The summed E-state index contributed by atoms with van der Waals surface area (Å²) >= 11 is 0. The number of rotatable bonds is 4. The molecule has 0 bridgehead atoms. The maximum Gasteiger partial charge on any atom is 0.0107 e. The zero-order valence-corrected chi connectivity index (χ0v) is 10.4. The van der Waals surface area contributed by atoms with Crippen molar-refractivity contribution in [1.29, 1.82) is 0 Å². The second-order valence-corrected chi connectivity index (χ2v) is 6.13. The predicted octanol–water partition coefficient (Wildman–Crippen LogP) is 2.25. The molecule has 2 nitrogen and oxygen atoms in total. The molecule has 1 heterocycles. The first kappa shape index (κ1) is 11.4. The quantitative estimate of drug-likeness (QED) is 0.765. The highest BCUT2D eigenvalue weighted by Crippen LogP contribution is 2.28. The molecule has 0 atom stereocenters. The summed E-state index contributed by atoms with van der Waals surface area (Å²) in [5.74, 6) is 0. The van der Waals surface area contributed by atoms with Crippen molar-refractivity contribution < 1.29 is 0 Å². The first-order chi connectivity index (χ1) is 7.16. The second kappa shape index (κ2) is 4.84. The summed E-state index contributed by atoms with van der Waals surface area (Å²) in [5.41, 5.74) is 0.563.